The molecule has 0 saturated carbocycles. The summed E-state index contributed by atoms with van der Waals surface area (Å²) in [6.07, 6.45) is 0. The number of fused-ring (bicyclic) bond motifs is 1. The molecule has 0 bridgehead atoms. The lowest BCUT2D eigenvalue weighted by molar-refractivity contribution is 0.794. The third-order valence-corrected chi connectivity index (χ3v) is 5.65. The Balaban J connectivity index is 1.75. The first kappa shape index (κ1) is 18.3. The van der Waals surface area contributed by atoms with Crippen LogP contribution in [0.15, 0.2) is 99.8 Å². The fraction of sp³-hybridized carbons (Fsp3) is 0.0435. The van der Waals surface area contributed by atoms with Crippen LogP contribution in [0.2, 0.25) is 0 Å². The summed E-state index contributed by atoms with van der Waals surface area (Å²) in [7, 11) is 0. The summed E-state index contributed by atoms with van der Waals surface area (Å²) in [6.45, 7) is 2.04. The van der Waals surface area contributed by atoms with Crippen LogP contribution in [0.5, 0.6) is 0 Å². The Morgan fingerprint density at radius 1 is 0.800 bits per heavy atom. The Bertz CT molecular complexity index is 1380. The van der Waals surface area contributed by atoms with Gasteiger partial charge < -0.3 is 0 Å². The highest BCUT2D eigenvalue weighted by molar-refractivity contribution is 7.99. The molecule has 0 amide bonds. The molecule has 0 fully saturated rings. The first-order chi connectivity index (χ1) is 14.7. The Kier molecular flexibility index (Phi) is 4.65. The number of para-hydroxylation sites is 2. The van der Waals surface area contributed by atoms with Crippen LogP contribution in [0.25, 0.3) is 22.5 Å². The van der Waals surface area contributed by atoms with E-state index in [1.54, 1.807) is 9.25 Å². The van der Waals surface area contributed by atoms with Gasteiger partial charge in [-0.1, -0.05) is 71.1 Å². The molecule has 0 aliphatic heterocycles. The highest BCUT2D eigenvalue weighted by atomic mass is 32.2. The van der Waals surface area contributed by atoms with Gasteiger partial charge in [0.2, 0.25) is 0 Å². The molecule has 2 heterocycles. The van der Waals surface area contributed by atoms with E-state index in [0.717, 1.165) is 16.3 Å². The Morgan fingerprint density at radius 3 is 2.10 bits per heavy atom. The molecular weight excluding hydrogens is 394 g/mol. The largest absolute Gasteiger partial charge is 0.288 e. The molecule has 0 aliphatic carbocycles. The van der Waals surface area contributed by atoms with Crippen LogP contribution in [0.1, 0.15) is 5.56 Å². The smallest absolute Gasteiger partial charge is 0.266 e. The molecule has 2 aromatic heterocycles. The molecule has 5 aromatic rings. The normalized spacial score (nSPS) is 11.1. The molecule has 0 aliphatic rings. The predicted octanol–water partition coefficient (Wildman–Crippen LogP) is 4.43. The summed E-state index contributed by atoms with van der Waals surface area (Å²) in [6, 6.07) is 27.2. The molecule has 0 saturated heterocycles. The zero-order chi connectivity index (χ0) is 20.5. The van der Waals surface area contributed by atoms with Crippen LogP contribution >= 0.6 is 11.8 Å². The maximum Gasteiger partial charge on any atom is 0.288 e. The fourth-order valence-corrected chi connectivity index (χ4v) is 4.07. The van der Waals surface area contributed by atoms with Crippen molar-refractivity contribution in [3.8, 4) is 11.4 Å². The van der Waals surface area contributed by atoms with Crippen LogP contribution in [0.3, 0.4) is 0 Å². The Labute approximate surface area is 176 Å². The summed E-state index contributed by atoms with van der Waals surface area (Å²) < 4.78 is 3.20. The van der Waals surface area contributed by atoms with Crippen molar-refractivity contribution in [1.82, 2.24) is 24.5 Å². The summed E-state index contributed by atoms with van der Waals surface area (Å²) in [5.74, 6) is 0. The molecule has 30 heavy (non-hydrogen) atoms. The van der Waals surface area contributed by atoms with E-state index < -0.39 is 0 Å². The third-order valence-electron chi connectivity index (χ3n) is 4.69. The van der Waals surface area contributed by atoms with E-state index in [4.69, 9.17) is 4.98 Å². The van der Waals surface area contributed by atoms with E-state index in [2.05, 4.69) is 10.3 Å². The second kappa shape index (κ2) is 7.61. The van der Waals surface area contributed by atoms with E-state index in [-0.39, 0.29) is 11.1 Å². The molecule has 0 radical (unpaired) electrons. The predicted molar refractivity (Wildman–Crippen MR) is 118 cm³/mol. The second-order valence-electron chi connectivity index (χ2n) is 6.79. The maximum atomic E-state index is 13.4. The lowest BCUT2D eigenvalue weighted by Crippen LogP contribution is -2.22. The number of aromatic nitrogens is 5. The van der Waals surface area contributed by atoms with Crippen LogP contribution < -0.4 is 5.56 Å². The molecule has 7 heteroatoms. The summed E-state index contributed by atoms with van der Waals surface area (Å²) in [4.78, 5) is 19.3. The quantitative estimate of drug-likeness (QED) is 0.410. The van der Waals surface area contributed by atoms with Gasteiger partial charge in [-0.15, -0.1) is 5.10 Å². The minimum atomic E-state index is -0.247. The zero-order valence-corrected chi connectivity index (χ0v) is 17.0. The molecule has 6 nitrogen and oxygen atoms in total. The van der Waals surface area contributed by atoms with Gasteiger partial charge in [-0.3, -0.25) is 9.36 Å². The lowest BCUT2D eigenvalue weighted by Gasteiger charge is -2.12. The average molecular weight is 411 g/mol. The van der Waals surface area contributed by atoms with Crippen molar-refractivity contribution in [2.75, 3.05) is 0 Å². The number of aryl methyl sites for hydroxylation is 1. The SMILES string of the molecule is Cc1ccc(Sc2nc3c(nnn3-c3ccccc3)c(=O)n2-c2ccccc2)cc1. The summed E-state index contributed by atoms with van der Waals surface area (Å²) >= 11 is 1.44. The van der Waals surface area contributed by atoms with Gasteiger partial charge in [-0.2, -0.15) is 4.68 Å². The minimum Gasteiger partial charge on any atom is -0.266 e. The highest BCUT2D eigenvalue weighted by Crippen LogP contribution is 2.28. The van der Waals surface area contributed by atoms with Crippen molar-refractivity contribution in [2.45, 2.75) is 17.0 Å². The molecule has 0 atom stereocenters. The van der Waals surface area contributed by atoms with Gasteiger partial charge in [0.1, 0.15) is 0 Å². The van der Waals surface area contributed by atoms with Crippen molar-refractivity contribution in [1.29, 1.82) is 0 Å². The van der Waals surface area contributed by atoms with Crippen molar-refractivity contribution in [3.63, 3.8) is 0 Å². The highest BCUT2D eigenvalue weighted by Gasteiger charge is 2.19. The fourth-order valence-electron chi connectivity index (χ4n) is 3.18. The van der Waals surface area contributed by atoms with Gasteiger partial charge in [0, 0.05) is 4.90 Å². The van der Waals surface area contributed by atoms with Crippen LogP contribution in [-0.2, 0) is 0 Å². The van der Waals surface area contributed by atoms with Crippen molar-refractivity contribution in [3.05, 3.63) is 101 Å². The number of nitrogens with zero attached hydrogens (tertiary/aromatic N) is 5. The standard InChI is InChI=1S/C23H17N5OS/c1-16-12-14-19(15-13-16)30-23-24-21-20(22(29)27(23)17-8-4-2-5-9-17)25-26-28(21)18-10-6-3-7-11-18/h2-15H,1H3. The summed E-state index contributed by atoms with van der Waals surface area (Å²) in [5, 5.41) is 8.91. The maximum absolute atomic E-state index is 13.4. The van der Waals surface area contributed by atoms with E-state index in [1.165, 1.54) is 17.3 Å². The van der Waals surface area contributed by atoms with Crippen molar-refractivity contribution in [2.24, 2.45) is 0 Å². The molecule has 3 aromatic carbocycles. The van der Waals surface area contributed by atoms with Crippen molar-refractivity contribution < 1.29 is 0 Å². The number of hydrogen-bond acceptors (Lipinski definition) is 5. The van der Waals surface area contributed by atoms with Gasteiger partial charge in [0.25, 0.3) is 5.56 Å². The zero-order valence-electron chi connectivity index (χ0n) is 16.1. The van der Waals surface area contributed by atoms with Crippen LogP contribution in [-0.4, -0.2) is 24.5 Å². The van der Waals surface area contributed by atoms with Gasteiger partial charge in [0.15, 0.2) is 16.3 Å². The lowest BCUT2D eigenvalue weighted by atomic mass is 10.2. The van der Waals surface area contributed by atoms with Gasteiger partial charge in [-0.05, 0) is 43.3 Å². The Morgan fingerprint density at radius 2 is 1.43 bits per heavy atom. The first-order valence-electron chi connectivity index (χ1n) is 9.44. The molecular formula is C23H17N5OS. The van der Waals surface area contributed by atoms with Crippen molar-refractivity contribution >= 4 is 22.9 Å². The second-order valence-corrected chi connectivity index (χ2v) is 7.84. The molecule has 146 valence electrons. The van der Waals surface area contributed by atoms with Crippen LogP contribution in [0, 0.1) is 6.92 Å². The number of benzene rings is 3. The minimum absolute atomic E-state index is 0.232. The topological polar surface area (TPSA) is 65.6 Å². The monoisotopic (exact) mass is 411 g/mol. The number of rotatable bonds is 4. The van der Waals surface area contributed by atoms with Gasteiger partial charge >= 0.3 is 0 Å². The molecule has 0 unspecified atom stereocenters. The molecule has 0 spiro atoms. The molecule has 0 N–H and O–H groups in total. The van der Waals surface area contributed by atoms with E-state index >= 15 is 0 Å². The summed E-state index contributed by atoms with van der Waals surface area (Å²) in [5.41, 5.74) is 3.14. The van der Waals surface area contributed by atoms with E-state index in [0.29, 0.717) is 10.8 Å². The van der Waals surface area contributed by atoms with Gasteiger partial charge in [0.05, 0.1) is 11.4 Å². The van der Waals surface area contributed by atoms with E-state index in [9.17, 15) is 4.79 Å². The van der Waals surface area contributed by atoms with E-state index in [1.807, 2.05) is 91.9 Å². The average Bonchev–Trinajstić information content (AvgIpc) is 3.21. The van der Waals surface area contributed by atoms with Crippen LogP contribution in [0.4, 0.5) is 0 Å². The first-order valence-corrected chi connectivity index (χ1v) is 10.3. The third kappa shape index (κ3) is 3.29. The number of hydrogen-bond donors (Lipinski definition) is 0. The Hall–Kier alpha value is -3.71. The molecule has 5 rings (SSSR count). The van der Waals surface area contributed by atoms with Gasteiger partial charge in [-0.25, -0.2) is 4.98 Å².